The standard InChI is InChI=1S/2C15H14ClN5O2.C9H5Cl2N.C9H5ClFN.C6H10N4O2.ClH/c2*16-11-2-3-12-13(4-6-18-14(12)10-11)17-5-1-8-20-9-7-19-15(20)21(22)23;2*10-6-1-2-7-8(11)3-4-12-9(7)5-6;7-2-1-4-9-5-3-8-6(9)10(11)12;/h2*2-4,6-7,9-10H,1,5,8H2,(H,17,18);2*1-5H;3,5H,1-2,4,7H2;1H. The highest BCUT2D eigenvalue weighted by atomic mass is 35.5. The lowest BCUT2D eigenvalue weighted by Gasteiger charge is -2.09. The van der Waals surface area contributed by atoms with E-state index in [1.54, 1.807) is 73.6 Å². The van der Waals surface area contributed by atoms with Crippen LogP contribution in [-0.4, -0.2) is 83.0 Å². The Kier molecular flexibility index (Phi) is 24.3. The van der Waals surface area contributed by atoms with Crippen molar-refractivity contribution in [3.05, 3.63) is 220 Å². The summed E-state index contributed by atoms with van der Waals surface area (Å²) in [7, 11) is 0. The molecule has 0 fully saturated rings. The van der Waals surface area contributed by atoms with Crippen LogP contribution >= 0.6 is 70.4 Å². The van der Waals surface area contributed by atoms with Crippen LogP contribution in [0.3, 0.4) is 0 Å². The Morgan fingerprint density at radius 3 is 1.18 bits per heavy atom. The van der Waals surface area contributed by atoms with Crippen LogP contribution in [0.4, 0.5) is 33.6 Å². The number of aryl methyl sites for hydroxylation is 3. The van der Waals surface area contributed by atoms with Crippen molar-refractivity contribution in [2.24, 2.45) is 5.73 Å². The van der Waals surface area contributed by atoms with Crippen LogP contribution in [0, 0.1) is 36.2 Å². The maximum Gasteiger partial charge on any atom is 0.434 e. The molecule has 0 aliphatic carbocycles. The van der Waals surface area contributed by atoms with Crippen LogP contribution in [0.25, 0.3) is 43.6 Å². The first-order valence-electron chi connectivity index (χ1n) is 24.7. The second kappa shape index (κ2) is 31.7. The topological polar surface area (TPSA) is 285 Å². The summed E-state index contributed by atoms with van der Waals surface area (Å²) in [4.78, 5) is 58.2. The summed E-state index contributed by atoms with van der Waals surface area (Å²) >= 11 is 29.4. The lowest BCUT2D eigenvalue weighted by molar-refractivity contribution is -0.396. The van der Waals surface area contributed by atoms with Crippen LogP contribution in [-0.2, 0) is 19.6 Å². The van der Waals surface area contributed by atoms with Crippen molar-refractivity contribution in [1.29, 1.82) is 0 Å². The van der Waals surface area contributed by atoms with Gasteiger partial charge in [0, 0.05) is 90.9 Å². The molecule has 4 aromatic carbocycles. The van der Waals surface area contributed by atoms with E-state index >= 15 is 0 Å². The normalized spacial score (nSPS) is 10.5. The number of nitrogens with two attached hydrogens (primary N) is 1. The van der Waals surface area contributed by atoms with E-state index in [1.165, 1.54) is 44.6 Å². The first-order valence-corrected chi connectivity index (χ1v) is 26.6. The van der Waals surface area contributed by atoms with Crippen molar-refractivity contribution in [1.82, 2.24) is 48.6 Å². The Labute approximate surface area is 503 Å². The lowest BCUT2D eigenvalue weighted by Crippen LogP contribution is -2.08. The minimum Gasteiger partial charge on any atom is -0.390 e. The van der Waals surface area contributed by atoms with E-state index in [-0.39, 0.29) is 36.1 Å². The summed E-state index contributed by atoms with van der Waals surface area (Å²) in [6.45, 7) is 3.48. The Bertz CT molecular complexity index is 3740. The van der Waals surface area contributed by atoms with E-state index in [0.29, 0.717) is 75.3 Å². The van der Waals surface area contributed by atoms with E-state index < -0.39 is 14.8 Å². The van der Waals surface area contributed by atoms with E-state index in [9.17, 15) is 34.7 Å². The molecule has 7 aromatic heterocycles. The number of pyridine rings is 4. The maximum absolute atomic E-state index is 13.0. The fraction of sp³-hybridized carbons (Fsp3) is 0.167. The van der Waals surface area contributed by atoms with Gasteiger partial charge in [0.05, 0.1) is 46.7 Å². The molecule has 0 spiro atoms. The third kappa shape index (κ3) is 18.3. The molecule has 83 heavy (non-hydrogen) atoms. The van der Waals surface area contributed by atoms with Gasteiger partial charge in [-0.15, -0.1) is 12.4 Å². The molecule has 29 heteroatoms. The molecule has 11 rings (SSSR count). The Morgan fingerprint density at radius 1 is 0.446 bits per heavy atom. The summed E-state index contributed by atoms with van der Waals surface area (Å²) in [6, 6.07) is 28.4. The van der Waals surface area contributed by atoms with Crippen molar-refractivity contribution in [3.8, 4) is 0 Å². The predicted molar refractivity (Wildman–Crippen MR) is 326 cm³/mol. The fourth-order valence-corrected chi connectivity index (χ4v) is 8.76. The molecule has 0 unspecified atom stereocenters. The molecule has 0 aliphatic heterocycles. The third-order valence-electron chi connectivity index (χ3n) is 11.7. The van der Waals surface area contributed by atoms with Gasteiger partial charge >= 0.3 is 17.8 Å². The number of hydrogen-bond acceptors (Lipinski definition) is 16. The zero-order valence-corrected chi connectivity index (χ0v) is 48.0. The van der Waals surface area contributed by atoms with Crippen molar-refractivity contribution in [3.63, 3.8) is 0 Å². The van der Waals surface area contributed by atoms with Gasteiger partial charge in [0.15, 0.2) is 0 Å². The molecule has 4 N–H and O–H groups in total. The molecule has 0 atom stereocenters. The van der Waals surface area contributed by atoms with Crippen LogP contribution in [0.5, 0.6) is 0 Å². The van der Waals surface area contributed by atoms with Crippen LogP contribution < -0.4 is 16.4 Å². The van der Waals surface area contributed by atoms with Crippen molar-refractivity contribution in [2.75, 3.05) is 30.3 Å². The number of rotatable bonds is 16. The molecule has 0 bridgehead atoms. The molecule has 430 valence electrons. The highest BCUT2D eigenvalue weighted by molar-refractivity contribution is 6.36. The molecule has 7 heterocycles. The molecule has 0 amide bonds. The molecular formula is C54H49Cl6FN16O6. The van der Waals surface area contributed by atoms with Gasteiger partial charge in [-0.1, -0.05) is 73.0 Å². The van der Waals surface area contributed by atoms with Gasteiger partial charge < -0.3 is 46.7 Å². The zero-order chi connectivity index (χ0) is 58.5. The Morgan fingerprint density at radius 2 is 0.783 bits per heavy atom. The van der Waals surface area contributed by atoms with E-state index in [2.05, 4.69) is 45.5 Å². The predicted octanol–water partition coefficient (Wildman–Crippen LogP) is 14.1. The number of nitrogens with one attached hydrogen (secondary N) is 2. The second-order valence-corrected chi connectivity index (χ2v) is 19.3. The minimum atomic E-state index is -0.503. The van der Waals surface area contributed by atoms with Crippen molar-refractivity contribution in [2.45, 2.75) is 38.9 Å². The average Bonchev–Trinajstić information content (AvgIpc) is 4.31. The van der Waals surface area contributed by atoms with Crippen LogP contribution in [0.1, 0.15) is 19.3 Å². The van der Waals surface area contributed by atoms with Gasteiger partial charge in [0.25, 0.3) is 0 Å². The van der Waals surface area contributed by atoms with Gasteiger partial charge in [-0.05, 0) is 138 Å². The monoisotopic (exact) mass is 1250 g/mol. The van der Waals surface area contributed by atoms with E-state index in [1.807, 2.05) is 54.6 Å². The smallest absolute Gasteiger partial charge is 0.390 e. The summed E-state index contributed by atoms with van der Waals surface area (Å²) in [5, 5.41) is 45.3. The highest BCUT2D eigenvalue weighted by Crippen LogP contribution is 2.27. The van der Waals surface area contributed by atoms with Crippen LogP contribution in [0.2, 0.25) is 25.1 Å². The summed E-state index contributed by atoms with van der Waals surface area (Å²) in [5.41, 5.74) is 10.3. The van der Waals surface area contributed by atoms with Gasteiger partial charge in [0.2, 0.25) is 0 Å². The summed E-state index contributed by atoms with van der Waals surface area (Å²) in [6.07, 6.45) is 17.8. The van der Waals surface area contributed by atoms with E-state index in [0.717, 1.165) is 63.3 Å². The molecule has 0 aliphatic rings. The molecule has 0 radical (unpaired) electrons. The Balaban J connectivity index is 0.000000172. The SMILES string of the molecule is Cl.Clc1ccc2c(Cl)ccnc2c1.Fc1ccnc2cc(Cl)ccc12.NCCCn1ccnc1[N+](=O)[O-].O=[N+]([O-])c1nccn1CCCNc1ccnc2cc(Cl)ccc12.O=[N+]([O-])c1nccn1CCCNc1ccnc2cc(Cl)ccc12. The average molecular weight is 1250 g/mol. The van der Waals surface area contributed by atoms with Gasteiger partial charge in [-0.25, -0.2) is 18.1 Å². The second-order valence-electron chi connectivity index (χ2n) is 17.2. The maximum atomic E-state index is 13.0. The van der Waals surface area contributed by atoms with Gasteiger partial charge in [0.1, 0.15) is 43.0 Å². The minimum absolute atomic E-state index is 0. The van der Waals surface area contributed by atoms with E-state index in [4.69, 9.17) is 63.7 Å². The summed E-state index contributed by atoms with van der Waals surface area (Å²) < 4.78 is 17.6. The Hall–Kier alpha value is -8.42. The number of aromatic nitrogens is 10. The number of nitrogens with zero attached hydrogens (tertiary/aromatic N) is 13. The number of fused-ring (bicyclic) bond motifs is 4. The number of imidazole rings is 3. The number of anilines is 2. The molecule has 0 saturated heterocycles. The van der Waals surface area contributed by atoms with Crippen molar-refractivity contribution >= 4 is 143 Å². The van der Waals surface area contributed by atoms with Gasteiger partial charge in [-0.2, -0.15) is 0 Å². The molecular weight excluding hydrogens is 1200 g/mol. The first-order chi connectivity index (χ1) is 39.6. The van der Waals surface area contributed by atoms with Crippen LogP contribution in [0.15, 0.2) is 159 Å². The molecule has 22 nitrogen and oxygen atoms in total. The number of benzene rings is 4. The highest BCUT2D eigenvalue weighted by Gasteiger charge is 2.15. The first kappa shape index (κ1) is 63.8. The molecule has 11 aromatic rings. The van der Waals surface area contributed by atoms with Crippen molar-refractivity contribution < 1.29 is 19.2 Å². The largest absolute Gasteiger partial charge is 0.434 e. The number of hydrogen-bond donors (Lipinski definition) is 3. The quantitative estimate of drug-likeness (QED) is 0.0460. The van der Waals surface area contributed by atoms with Gasteiger partial charge in [-0.3, -0.25) is 19.9 Å². The zero-order valence-electron chi connectivity index (χ0n) is 43.4. The third-order valence-corrected chi connectivity index (χ3v) is 12.9. The summed E-state index contributed by atoms with van der Waals surface area (Å²) in [5.74, 6) is -0.650. The lowest BCUT2D eigenvalue weighted by atomic mass is 10.2. The number of nitro groups is 3. The fourth-order valence-electron chi connectivity index (χ4n) is 7.87. The number of halogens is 7. The molecule has 0 saturated carbocycles.